The molecule has 48 heavy (non-hydrogen) atoms. The van der Waals surface area contributed by atoms with Crippen molar-refractivity contribution in [3.05, 3.63) is 52.9 Å². The van der Waals surface area contributed by atoms with Gasteiger partial charge in [-0.2, -0.15) is 28.2 Å². The molecule has 0 amide bonds. The van der Waals surface area contributed by atoms with Crippen LogP contribution in [0.5, 0.6) is 11.9 Å². The molecule has 6 heterocycles. The van der Waals surface area contributed by atoms with Crippen molar-refractivity contribution < 1.29 is 31.4 Å². The van der Waals surface area contributed by atoms with Crippen molar-refractivity contribution in [2.75, 3.05) is 44.5 Å². The number of benzene rings is 1. The van der Waals surface area contributed by atoms with Gasteiger partial charge in [-0.1, -0.05) is 0 Å². The first-order chi connectivity index (χ1) is 22.8. The lowest BCUT2D eigenvalue weighted by Gasteiger charge is -2.34. The van der Waals surface area contributed by atoms with E-state index < -0.39 is 46.7 Å². The van der Waals surface area contributed by atoms with E-state index in [-0.39, 0.29) is 57.5 Å². The van der Waals surface area contributed by atoms with Crippen LogP contribution in [0.4, 0.5) is 33.6 Å². The highest BCUT2D eigenvalue weighted by Crippen LogP contribution is 2.47. The van der Waals surface area contributed by atoms with Crippen molar-refractivity contribution in [2.45, 2.75) is 51.9 Å². The molecule has 11 nitrogen and oxygen atoms in total. The molecule has 1 aromatic carbocycles. The number of pyridine rings is 2. The number of rotatable bonds is 4. The van der Waals surface area contributed by atoms with Crippen LogP contribution in [0.3, 0.4) is 0 Å². The Morgan fingerprint density at radius 1 is 1.10 bits per heavy atom. The number of methoxy groups -OCH3 is 1. The Hall–Kier alpha value is -4.86. The average molecular weight is 672 g/mol. The first-order valence-electron chi connectivity index (χ1n) is 15.3. The fourth-order valence-electron chi connectivity index (χ4n) is 6.37. The van der Waals surface area contributed by atoms with Gasteiger partial charge in [0.1, 0.15) is 40.7 Å². The number of nitrogens with one attached hydrogen (secondary N) is 1. The molecule has 254 valence electrons. The van der Waals surface area contributed by atoms with Crippen molar-refractivity contribution in [3.8, 4) is 23.1 Å². The van der Waals surface area contributed by atoms with E-state index in [4.69, 9.17) is 15.2 Å². The quantitative estimate of drug-likeness (QED) is 0.212. The van der Waals surface area contributed by atoms with Crippen molar-refractivity contribution in [2.24, 2.45) is 0 Å². The Labute approximate surface area is 272 Å². The number of ether oxygens (including phenoxy) is 2. The van der Waals surface area contributed by atoms with Crippen LogP contribution in [0, 0.1) is 18.6 Å². The Balaban J connectivity index is 0.000000604. The molecule has 1 fully saturated rings. The molecule has 4 aromatic heterocycles. The zero-order valence-corrected chi connectivity index (χ0v) is 26.9. The Morgan fingerprint density at radius 2 is 1.83 bits per heavy atom. The largest absolute Gasteiger partial charge is 0.475 e. The topological polar surface area (TPSA) is 131 Å². The molecule has 1 saturated heterocycles. The van der Waals surface area contributed by atoms with E-state index in [0.717, 1.165) is 6.20 Å². The summed E-state index contributed by atoms with van der Waals surface area (Å²) in [7, 11) is 3.44. The number of hydrogen-bond donors (Lipinski definition) is 2. The number of aromatic nitrogens is 6. The average Bonchev–Trinajstić information content (AvgIpc) is 3.69. The van der Waals surface area contributed by atoms with Gasteiger partial charge in [-0.25, -0.2) is 18.7 Å². The van der Waals surface area contributed by atoms with Gasteiger partial charge in [0.05, 0.1) is 42.7 Å². The zero-order valence-electron chi connectivity index (χ0n) is 26.9. The highest BCUT2D eigenvalue weighted by atomic mass is 19.4. The van der Waals surface area contributed by atoms with Gasteiger partial charge in [-0.15, -0.1) is 0 Å². The number of fused-ring (bicyclic) bond motifs is 1. The molecule has 16 heteroatoms. The summed E-state index contributed by atoms with van der Waals surface area (Å²) in [6, 6.07) is 1.11. The maximum absolute atomic E-state index is 16.6. The summed E-state index contributed by atoms with van der Waals surface area (Å²) in [5, 5.41) is 6.52. The Kier molecular flexibility index (Phi) is 8.70. The summed E-state index contributed by atoms with van der Waals surface area (Å²) < 4.78 is 85.3. The molecule has 0 spiro atoms. The van der Waals surface area contributed by atoms with Crippen molar-refractivity contribution in [1.82, 2.24) is 35.0 Å². The van der Waals surface area contributed by atoms with E-state index in [1.54, 1.807) is 18.7 Å². The maximum Gasteiger partial charge on any atom is 0.417 e. The summed E-state index contributed by atoms with van der Waals surface area (Å²) in [6.45, 7) is 7.37. The minimum absolute atomic E-state index is 0.000771. The number of aromatic amines is 1. The van der Waals surface area contributed by atoms with Gasteiger partial charge in [0.15, 0.2) is 5.82 Å². The second-order valence-corrected chi connectivity index (χ2v) is 12.0. The molecule has 2 atom stereocenters. The minimum Gasteiger partial charge on any atom is -0.475 e. The fraction of sp³-hybridized carbons (Fsp3) is 0.406. The number of H-pyrrole nitrogens is 1. The van der Waals surface area contributed by atoms with Crippen LogP contribution in [0.25, 0.3) is 33.1 Å². The number of nitrogens with two attached hydrogens (primary N) is 1. The van der Waals surface area contributed by atoms with E-state index in [1.807, 2.05) is 0 Å². The third-order valence-electron chi connectivity index (χ3n) is 8.65. The van der Waals surface area contributed by atoms with Crippen LogP contribution in [0.2, 0.25) is 0 Å². The third kappa shape index (κ3) is 5.88. The van der Waals surface area contributed by atoms with E-state index in [2.05, 4.69) is 42.1 Å². The van der Waals surface area contributed by atoms with Crippen LogP contribution in [-0.4, -0.2) is 74.9 Å². The van der Waals surface area contributed by atoms with Crippen molar-refractivity contribution in [3.63, 3.8) is 0 Å². The highest BCUT2D eigenvalue weighted by molar-refractivity contribution is 6.02. The van der Waals surface area contributed by atoms with Crippen LogP contribution < -0.4 is 20.1 Å². The number of halogens is 5. The van der Waals surface area contributed by atoms with Crippen LogP contribution >= 0.6 is 0 Å². The summed E-state index contributed by atoms with van der Waals surface area (Å²) in [5.41, 5.74) is 3.93. The van der Waals surface area contributed by atoms with E-state index in [9.17, 15) is 17.6 Å². The minimum atomic E-state index is -4.85. The first kappa shape index (κ1) is 33.1. The fourth-order valence-corrected chi connectivity index (χ4v) is 6.37. The number of anilines is 2. The van der Waals surface area contributed by atoms with Gasteiger partial charge in [-0.05, 0) is 71.4 Å². The molecule has 3 N–H and O–H groups in total. The summed E-state index contributed by atoms with van der Waals surface area (Å²) >= 11 is 0. The number of hydrogen-bond acceptors (Lipinski definition) is 10. The molecule has 0 saturated carbocycles. The second-order valence-electron chi connectivity index (χ2n) is 12.0. The SMILES string of the molecule is CN1CCCC1.COc1nc2c3c(nc(-c4c(C(F)(F)F)c(C)cc5[nH]ncc45)c(F)c3n1)OC[C@H](C)N2C(C)c1cc(F)cnc1N. The van der Waals surface area contributed by atoms with Crippen molar-refractivity contribution in [1.29, 1.82) is 0 Å². The lowest BCUT2D eigenvalue weighted by atomic mass is 9.94. The van der Waals surface area contributed by atoms with E-state index >= 15 is 4.39 Å². The number of alkyl halides is 3. The van der Waals surface area contributed by atoms with Crippen LogP contribution in [0.1, 0.15) is 49.4 Å². The van der Waals surface area contributed by atoms with Crippen LogP contribution in [-0.2, 0) is 6.18 Å². The smallest absolute Gasteiger partial charge is 0.417 e. The van der Waals surface area contributed by atoms with Gasteiger partial charge in [0, 0.05) is 16.5 Å². The zero-order chi connectivity index (χ0) is 34.5. The molecule has 1 unspecified atom stereocenters. The molecule has 0 aliphatic carbocycles. The molecule has 2 aliphatic heterocycles. The predicted octanol–water partition coefficient (Wildman–Crippen LogP) is 6.22. The predicted molar refractivity (Wildman–Crippen MR) is 170 cm³/mol. The highest BCUT2D eigenvalue weighted by Gasteiger charge is 2.40. The molecule has 7 rings (SSSR count). The number of likely N-dealkylation sites (tertiary alicyclic amines) is 1. The lowest BCUT2D eigenvalue weighted by molar-refractivity contribution is -0.137. The number of aryl methyl sites for hydroxylation is 1. The van der Waals surface area contributed by atoms with Gasteiger partial charge in [0.25, 0.3) is 0 Å². The molecular formula is C32H34F5N9O2. The summed E-state index contributed by atoms with van der Waals surface area (Å²) in [5.74, 6) is -1.76. The molecule has 0 bridgehead atoms. The van der Waals surface area contributed by atoms with E-state index in [0.29, 0.717) is 5.56 Å². The van der Waals surface area contributed by atoms with Gasteiger partial charge >= 0.3 is 12.2 Å². The van der Waals surface area contributed by atoms with Crippen molar-refractivity contribution >= 4 is 33.4 Å². The van der Waals surface area contributed by atoms with Gasteiger partial charge < -0.3 is 25.0 Å². The lowest BCUT2D eigenvalue weighted by Crippen LogP contribution is -2.39. The second kappa shape index (κ2) is 12.6. The normalized spacial score (nSPS) is 17.2. The summed E-state index contributed by atoms with van der Waals surface area (Å²) in [6.07, 6.45) is 0.141. The molecule has 2 aliphatic rings. The van der Waals surface area contributed by atoms with Gasteiger partial charge in [0.2, 0.25) is 5.88 Å². The van der Waals surface area contributed by atoms with E-state index in [1.165, 1.54) is 58.3 Å². The summed E-state index contributed by atoms with van der Waals surface area (Å²) in [4.78, 5) is 20.9. The standard InChI is InChI=1S/C27H23F5N8O2.C5H11N/c1-10-5-16-15(8-35-39-16)17(19(10)27(30,31)32)21-20(29)22-18-24(38-26(37-22)41-4)40(11(2)9-42-25(18)36-21)12(3)14-6-13(28)7-34-23(14)33;1-6-4-2-3-5-6/h5-8,11-12H,9H2,1-4H3,(H2,33,34)(H,35,39);2-5H2,1H3/t11-,12?;/m0./s1. The van der Waals surface area contributed by atoms with Crippen LogP contribution in [0.15, 0.2) is 24.5 Å². The number of nitrogens with zero attached hydrogens (tertiary/aromatic N) is 7. The number of nitrogen functional groups attached to an aromatic ring is 1. The molecular weight excluding hydrogens is 637 g/mol. The first-order valence-corrected chi connectivity index (χ1v) is 15.3. The Bertz CT molecular complexity index is 2000. The third-order valence-corrected chi connectivity index (χ3v) is 8.65. The monoisotopic (exact) mass is 671 g/mol. The van der Waals surface area contributed by atoms with Gasteiger partial charge in [-0.3, -0.25) is 5.10 Å². The molecule has 0 radical (unpaired) electrons. The molecule has 5 aromatic rings. The Morgan fingerprint density at radius 3 is 2.48 bits per heavy atom. The maximum atomic E-state index is 16.6.